The van der Waals surface area contributed by atoms with Crippen molar-refractivity contribution in [1.29, 1.82) is 0 Å². The van der Waals surface area contributed by atoms with Crippen LogP contribution in [-0.2, 0) is 32.0 Å². The fourth-order valence-corrected chi connectivity index (χ4v) is 7.02. The number of urea groups is 2. The lowest BCUT2D eigenvalue weighted by Crippen LogP contribution is -2.70. The molecule has 4 heterocycles. The van der Waals surface area contributed by atoms with Crippen LogP contribution in [0.15, 0.2) is 54.1 Å². The smallest absolute Gasteiger partial charge is 0.332 e. The number of barbiturate groups is 2. The van der Waals surface area contributed by atoms with Crippen molar-refractivity contribution in [3.8, 4) is 0 Å². The number of carbonyl (C=O) groups is 6. The number of carbonyl (C=O) groups excluding carboxylic acids is 6. The summed E-state index contributed by atoms with van der Waals surface area (Å²) >= 11 is 0. The van der Waals surface area contributed by atoms with Crippen molar-refractivity contribution in [1.82, 2.24) is 20.0 Å². The standard InChI is InChI=1S/C32H33N5O6/c1-19(11-12-20-8-5-4-6-9-20)37-27(39)23(26(38)33-30(37)42)17-21-13-14-24-22(16-21)18-32(25-10-7-15-36(24)25)28(40)34(2)31(43)35(3)29(32)41/h4-6,8-9,13-14,16-17,19,25H,7,10-12,15,18H2,1-3H3,(H,33,38,42)/b23-17+/t19-,25-/m1/s1. The maximum absolute atomic E-state index is 13.7. The van der Waals surface area contributed by atoms with Gasteiger partial charge in [-0.25, -0.2) is 9.59 Å². The maximum Gasteiger partial charge on any atom is 0.332 e. The predicted octanol–water partition coefficient (Wildman–Crippen LogP) is 2.73. The first kappa shape index (κ1) is 28.3. The van der Waals surface area contributed by atoms with Gasteiger partial charge in [0.15, 0.2) is 5.41 Å². The van der Waals surface area contributed by atoms with E-state index >= 15 is 0 Å². The van der Waals surface area contributed by atoms with Crippen LogP contribution in [0.2, 0.25) is 0 Å². The third-order valence-corrected chi connectivity index (χ3v) is 9.23. The van der Waals surface area contributed by atoms with Gasteiger partial charge in [0.05, 0.1) is 6.04 Å². The fraction of sp³-hybridized carbons (Fsp3) is 0.375. The molecular formula is C32H33N5O6. The van der Waals surface area contributed by atoms with Gasteiger partial charge >= 0.3 is 12.1 Å². The molecule has 0 aliphatic carbocycles. The van der Waals surface area contributed by atoms with E-state index in [1.54, 1.807) is 19.1 Å². The minimum Gasteiger partial charge on any atom is -0.367 e. The minimum atomic E-state index is -1.46. The van der Waals surface area contributed by atoms with Crippen LogP contribution in [0, 0.1) is 5.41 Å². The normalized spacial score (nSPS) is 23.2. The average Bonchev–Trinajstić information content (AvgIpc) is 3.50. The molecule has 0 radical (unpaired) electrons. The number of imide groups is 4. The SMILES string of the molecule is C[C@H](CCc1ccccc1)N1C(=O)NC(=O)/C(=C\c2ccc3c(c2)CC2(C(=O)N(C)C(=O)N(C)C2=O)[C@H]2CCCN32)C1=O. The highest BCUT2D eigenvalue weighted by atomic mass is 16.2. The molecule has 6 rings (SSSR count). The van der Waals surface area contributed by atoms with Crippen molar-refractivity contribution in [2.24, 2.45) is 5.41 Å². The second kappa shape index (κ2) is 10.5. The molecule has 11 heteroatoms. The Labute approximate surface area is 249 Å². The monoisotopic (exact) mass is 583 g/mol. The molecule has 0 unspecified atom stereocenters. The molecule has 3 fully saturated rings. The van der Waals surface area contributed by atoms with Gasteiger partial charge in [0, 0.05) is 32.4 Å². The van der Waals surface area contributed by atoms with Gasteiger partial charge in [0.1, 0.15) is 5.57 Å². The molecule has 1 N–H and O–H groups in total. The summed E-state index contributed by atoms with van der Waals surface area (Å²) < 4.78 is 0. The summed E-state index contributed by atoms with van der Waals surface area (Å²) in [5.74, 6) is -2.50. The van der Waals surface area contributed by atoms with Crippen molar-refractivity contribution in [3.05, 3.63) is 70.8 Å². The topological polar surface area (TPSA) is 127 Å². The molecule has 8 amide bonds. The number of aryl methyl sites for hydroxylation is 1. The van der Waals surface area contributed by atoms with Crippen molar-refractivity contribution < 1.29 is 28.8 Å². The summed E-state index contributed by atoms with van der Waals surface area (Å²) in [4.78, 5) is 84.1. The van der Waals surface area contributed by atoms with Gasteiger partial charge in [0.25, 0.3) is 11.8 Å². The molecule has 3 saturated heterocycles. The summed E-state index contributed by atoms with van der Waals surface area (Å²) in [5, 5.41) is 2.29. The Kier molecular flexibility index (Phi) is 6.90. The van der Waals surface area contributed by atoms with Gasteiger partial charge in [-0.1, -0.05) is 36.4 Å². The lowest BCUT2D eigenvalue weighted by molar-refractivity contribution is -0.159. The number of fused-ring (bicyclic) bond motifs is 4. The molecule has 4 aliphatic rings. The van der Waals surface area contributed by atoms with Gasteiger partial charge in [-0.2, -0.15) is 0 Å². The Morgan fingerprint density at radius 3 is 2.37 bits per heavy atom. The van der Waals surface area contributed by atoms with Crippen molar-refractivity contribution in [3.63, 3.8) is 0 Å². The lowest BCUT2D eigenvalue weighted by Gasteiger charge is -2.50. The maximum atomic E-state index is 13.7. The average molecular weight is 584 g/mol. The van der Waals surface area contributed by atoms with Gasteiger partial charge < -0.3 is 4.90 Å². The Hall–Kier alpha value is -4.80. The molecule has 0 saturated carbocycles. The molecule has 4 aliphatic heterocycles. The van der Waals surface area contributed by atoms with E-state index < -0.39 is 47.1 Å². The molecule has 43 heavy (non-hydrogen) atoms. The molecule has 2 atom stereocenters. The zero-order chi connectivity index (χ0) is 30.6. The number of hydrogen-bond acceptors (Lipinski definition) is 7. The number of anilines is 1. The van der Waals surface area contributed by atoms with E-state index in [0.29, 0.717) is 36.9 Å². The predicted molar refractivity (Wildman–Crippen MR) is 156 cm³/mol. The van der Waals surface area contributed by atoms with Crippen LogP contribution in [0.3, 0.4) is 0 Å². The van der Waals surface area contributed by atoms with E-state index in [4.69, 9.17) is 0 Å². The number of rotatable bonds is 5. The number of amides is 8. The van der Waals surface area contributed by atoms with Crippen LogP contribution < -0.4 is 10.2 Å². The van der Waals surface area contributed by atoms with Crippen LogP contribution in [0.4, 0.5) is 15.3 Å². The number of nitrogens with zero attached hydrogens (tertiary/aromatic N) is 4. The Morgan fingerprint density at radius 1 is 0.977 bits per heavy atom. The van der Waals surface area contributed by atoms with E-state index in [1.807, 2.05) is 36.4 Å². The summed E-state index contributed by atoms with van der Waals surface area (Å²) in [6.07, 6.45) is 4.14. The van der Waals surface area contributed by atoms with Crippen LogP contribution in [0.5, 0.6) is 0 Å². The molecule has 0 bridgehead atoms. The number of benzene rings is 2. The second-order valence-electron chi connectivity index (χ2n) is 11.8. The zero-order valence-corrected chi connectivity index (χ0v) is 24.3. The lowest BCUT2D eigenvalue weighted by atomic mass is 9.68. The highest BCUT2D eigenvalue weighted by Gasteiger charge is 2.63. The zero-order valence-electron chi connectivity index (χ0n) is 24.3. The summed E-state index contributed by atoms with van der Waals surface area (Å²) in [5.41, 5.74) is 1.55. The van der Waals surface area contributed by atoms with E-state index in [-0.39, 0.29) is 18.0 Å². The van der Waals surface area contributed by atoms with E-state index in [0.717, 1.165) is 32.4 Å². The highest BCUT2D eigenvalue weighted by molar-refractivity contribution is 6.31. The first-order valence-corrected chi connectivity index (χ1v) is 14.5. The largest absolute Gasteiger partial charge is 0.367 e. The first-order chi connectivity index (χ1) is 20.5. The Morgan fingerprint density at radius 2 is 1.67 bits per heavy atom. The molecule has 2 aromatic rings. The van der Waals surface area contributed by atoms with E-state index in [1.165, 1.54) is 20.2 Å². The van der Waals surface area contributed by atoms with Gasteiger partial charge in [-0.3, -0.25) is 39.2 Å². The van der Waals surface area contributed by atoms with Crippen molar-refractivity contribution in [2.45, 2.75) is 51.1 Å². The van der Waals surface area contributed by atoms with Gasteiger partial charge in [-0.05, 0) is 73.9 Å². The summed E-state index contributed by atoms with van der Waals surface area (Å²) in [7, 11) is 2.79. The Bertz CT molecular complexity index is 1580. The quantitative estimate of drug-likeness (QED) is 0.326. The minimum absolute atomic E-state index is 0.0847. The highest BCUT2D eigenvalue weighted by Crippen LogP contribution is 2.49. The second-order valence-corrected chi connectivity index (χ2v) is 11.8. The van der Waals surface area contributed by atoms with E-state index in [9.17, 15) is 28.8 Å². The van der Waals surface area contributed by atoms with Crippen molar-refractivity contribution in [2.75, 3.05) is 25.5 Å². The van der Waals surface area contributed by atoms with Crippen molar-refractivity contribution >= 4 is 47.5 Å². The molecule has 0 aromatic heterocycles. The number of hydrogen-bond donors (Lipinski definition) is 1. The van der Waals surface area contributed by atoms with Crippen LogP contribution in [-0.4, -0.2) is 83.1 Å². The van der Waals surface area contributed by atoms with Crippen LogP contribution >= 0.6 is 0 Å². The first-order valence-electron chi connectivity index (χ1n) is 14.5. The molecule has 2 aromatic carbocycles. The van der Waals surface area contributed by atoms with Gasteiger partial charge in [0.2, 0.25) is 11.8 Å². The fourth-order valence-electron chi connectivity index (χ4n) is 7.02. The number of nitrogens with one attached hydrogen (secondary N) is 1. The third kappa shape index (κ3) is 4.41. The Balaban J connectivity index is 1.31. The molecular weight excluding hydrogens is 550 g/mol. The molecule has 1 spiro atoms. The van der Waals surface area contributed by atoms with Crippen LogP contribution in [0.25, 0.3) is 6.08 Å². The summed E-state index contributed by atoms with van der Waals surface area (Å²) in [6.45, 7) is 2.43. The molecule has 11 nitrogen and oxygen atoms in total. The van der Waals surface area contributed by atoms with Crippen LogP contribution in [0.1, 0.15) is 42.9 Å². The van der Waals surface area contributed by atoms with E-state index in [2.05, 4.69) is 10.2 Å². The summed E-state index contributed by atoms with van der Waals surface area (Å²) in [6, 6.07) is 12.9. The third-order valence-electron chi connectivity index (χ3n) is 9.23. The molecule has 222 valence electrons. The van der Waals surface area contributed by atoms with Gasteiger partial charge in [-0.15, -0.1) is 0 Å².